The van der Waals surface area contributed by atoms with Gasteiger partial charge >= 0.3 is 0 Å². The number of nitrogens with zero attached hydrogens (tertiary/aromatic N) is 3. The second-order valence-electron chi connectivity index (χ2n) is 5.49. The molecule has 0 aliphatic carbocycles. The molecule has 1 atom stereocenters. The molecule has 2 aromatic rings. The van der Waals surface area contributed by atoms with Crippen LogP contribution in [0.5, 0.6) is 0 Å². The Morgan fingerprint density at radius 2 is 1.77 bits per heavy atom. The molecule has 0 bridgehead atoms. The molecule has 0 aliphatic heterocycles. The second-order valence-corrected chi connectivity index (χ2v) is 6.28. The molecule has 136 valence electrons. The van der Waals surface area contributed by atoms with Gasteiger partial charge in [0.25, 0.3) is 11.4 Å². The minimum absolute atomic E-state index is 0.0108. The van der Waals surface area contributed by atoms with E-state index in [9.17, 15) is 20.2 Å². The predicted molar refractivity (Wildman–Crippen MR) is 104 cm³/mol. The first-order valence-electron chi connectivity index (χ1n) is 7.43. The van der Waals surface area contributed by atoms with E-state index in [1.807, 2.05) is 6.92 Å². The highest BCUT2D eigenvalue weighted by atomic mass is 35.5. The summed E-state index contributed by atoms with van der Waals surface area (Å²) in [5.74, 6) is 0. The zero-order valence-corrected chi connectivity index (χ0v) is 15.5. The number of nitro benzene ring substituents is 2. The van der Waals surface area contributed by atoms with Crippen molar-refractivity contribution in [3.63, 3.8) is 0 Å². The fourth-order valence-electron chi connectivity index (χ4n) is 2.22. The number of hydrogen-bond acceptors (Lipinski definition) is 5. The van der Waals surface area contributed by atoms with E-state index < -0.39 is 9.85 Å². The van der Waals surface area contributed by atoms with Crippen LogP contribution in [0.1, 0.15) is 18.5 Å². The van der Waals surface area contributed by atoms with Crippen LogP contribution in [-0.2, 0) is 0 Å². The lowest BCUT2D eigenvalue weighted by Gasteiger charge is -2.28. The van der Waals surface area contributed by atoms with Gasteiger partial charge in [0, 0.05) is 31.3 Å². The smallest absolute Gasteiger partial charge is 0.271 e. The van der Waals surface area contributed by atoms with Crippen LogP contribution in [0.25, 0.3) is 0 Å². The lowest BCUT2D eigenvalue weighted by atomic mass is 10.1. The molecule has 2 aromatic carbocycles. The summed E-state index contributed by atoms with van der Waals surface area (Å²) in [6, 6.07) is 9.98. The van der Waals surface area contributed by atoms with Gasteiger partial charge in [-0.05, 0) is 30.8 Å². The van der Waals surface area contributed by atoms with Crippen LogP contribution in [0.3, 0.4) is 0 Å². The molecule has 2 rings (SSSR count). The fourth-order valence-corrected chi connectivity index (χ4v) is 2.66. The molecule has 0 unspecified atom stereocenters. The number of nitro groups is 2. The first-order valence-corrected chi connectivity index (χ1v) is 8.21. The van der Waals surface area contributed by atoms with Gasteiger partial charge in [0.2, 0.25) is 0 Å². The fraction of sp³-hybridized carbons (Fsp3) is 0.188. The molecule has 0 radical (unpaired) electrons. The normalized spacial score (nSPS) is 11.5. The van der Waals surface area contributed by atoms with Crippen LogP contribution < -0.4 is 5.32 Å². The average molecular weight is 395 g/mol. The van der Waals surface area contributed by atoms with Crippen molar-refractivity contribution in [2.45, 2.75) is 13.0 Å². The predicted octanol–water partition coefficient (Wildman–Crippen LogP) is 4.55. The minimum atomic E-state index is -0.528. The first-order chi connectivity index (χ1) is 12.2. The van der Waals surface area contributed by atoms with Gasteiger partial charge in [0.1, 0.15) is 0 Å². The Morgan fingerprint density at radius 1 is 1.15 bits per heavy atom. The third-order valence-corrected chi connectivity index (χ3v) is 4.59. The van der Waals surface area contributed by atoms with Crippen molar-refractivity contribution in [3.05, 3.63) is 73.3 Å². The molecule has 0 spiro atoms. The maximum atomic E-state index is 10.9. The van der Waals surface area contributed by atoms with Gasteiger partial charge in [-0.1, -0.05) is 23.7 Å². The minimum Gasteiger partial charge on any atom is -0.345 e. The Kier molecular flexibility index (Phi) is 6.06. The summed E-state index contributed by atoms with van der Waals surface area (Å²) in [5.41, 5.74) is 0.886. The molecule has 0 heterocycles. The molecule has 0 amide bonds. The van der Waals surface area contributed by atoms with E-state index in [-0.39, 0.29) is 27.6 Å². The number of hydrogen-bond donors (Lipinski definition) is 1. The molecular weight excluding hydrogens is 380 g/mol. The van der Waals surface area contributed by atoms with Crippen molar-refractivity contribution >= 4 is 46.0 Å². The maximum absolute atomic E-state index is 10.9. The van der Waals surface area contributed by atoms with E-state index in [4.69, 9.17) is 23.8 Å². The summed E-state index contributed by atoms with van der Waals surface area (Å²) < 4.78 is 0. The van der Waals surface area contributed by atoms with Crippen molar-refractivity contribution < 1.29 is 9.85 Å². The van der Waals surface area contributed by atoms with Crippen LogP contribution >= 0.6 is 23.8 Å². The zero-order valence-electron chi connectivity index (χ0n) is 13.9. The largest absolute Gasteiger partial charge is 0.345 e. The van der Waals surface area contributed by atoms with Crippen LogP contribution in [-0.4, -0.2) is 26.9 Å². The van der Waals surface area contributed by atoms with E-state index in [2.05, 4.69) is 5.32 Å². The van der Waals surface area contributed by atoms with Crippen molar-refractivity contribution in [3.8, 4) is 0 Å². The maximum Gasteiger partial charge on any atom is 0.271 e. The van der Waals surface area contributed by atoms with Gasteiger partial charge in [0.15, 0.2) is 5.11 Å². The highest BCUT2D eigenvalue weighted by Gasteiger charge is 2.18. The van der Waals surface area contributed by atoms with E-state index in [1.54, 1.807) is 24.1 Å². The number of thiocarbonyl (C=S) groups is 1. The quantitative estimate of drug-likeness (QED) is 0.451. The molecule has 10 heteroatoms. The summed E-state index contributed by atoms with van der Waals surface area (Å²) in [6.45, 7) is 1.84. The Bertz CT molecular complexity index is 877. The lowest BCUT2D eigenvalue weighted by molar-refractivity contribution is -0.385. The van der Waals surface area contributed by atoms with Crippen molar-refractivity contribution in [1.29, 1.82) is 0 Å². The second kappa shape index (κ2) is 8.07. The number of benzene rings is 2. The number of non-ortho nitro benzene ring substituents is 2. The monoisotopic (exact) mass is 394 g/mol. The van der Waals surface area contributed by atoms with Crippen molar-refractivity contribution in [2.75, 3.05) is 12.4 Å². The molecule has 0 aromatic heterocycles. The zero-order chi connectivity index (χ0) is 19.4. The van der Waals surface area contributed by atoms with E-state index in [0.29, 0.717) is 11.3 Å². The van der Waals surface area contributed by atoms with Crippen LogP contribution in [0, 0.1) is 20.2 Å². The molecule has 0 saturated heterocycles. The molecule has 8 nitrogen and oxygen atoms in total. The summed E-state index contributed by atoms with van der Waals surface area (Å²) in [4.78, 5) is 22.5. The van der Waals surface area contributed by atoms with Gasteiger partial charge in [0.05, 0.1) is 26.6 Å². The van der Waals surface area contributed by atoms with Crippen molar-refractivity contribution in [1.82, 2.24) is 4.90 Å². The topological polar surface area (TPSA) is 102 Å². The first kappa shape index (κ1) is 19.5. The third-order valence-electron chi connectivity index (χ3n) is 3.87. The SMILES string of the molecule is C[C@@H](c1cccc([N+](=O)[O-])c1)N(C)C(=S)Nc1cc([N+](=O)[O-])ccc1Cl. The summed E-state index contributed by atoms with van der Waals surface area (Å²) in [6.07, 6.45) is 0. The van der Waals surface area contributed by atoms with E-state index >= 15 is 0 Å². The molecule has 26 heavy (non-hydrogen) atoms. The molecule has 0 saturated carbocycles. The van der Waals surface area contributed by atoms with Gasteiger partial charge in [-0.2, -0.15) is 0 Å². The van der Waals surface area contributed by atoms with Gasteiger partial charge in [-0.15, -0.1) is 0 Å². The highest BCUT2D eigenvalue weighted by Crippen LogP contribution is 2.28. The third kappa shape index (κ3) is 4.44. The Balaban J connectivity index is 2.19. The van der Waals surface area contributed by atoms with Gasteiger partial charge in [-0.3, -0.25) is 20.2 Å². The summed E-state index contributed by atoms with van der Waals surface area (Å²) >= 11 is 11.4. The summed E-state index contributed by atoms with van der Waals surface area (Å²) in [5, 5.41) is 25.3. The number of anilines is 1. The number of rotatable bonds is 5. The molecular formula is C16H15ClN4O4S. The summed E-state index contributed by atoms with van der Waals surface area (Å²) in [7, 11) is 1.71. The highest BCUT2D eigenvalue weighted by molar-refractivity contribution is 7.80. The van der Waals surface area contributed by atoms with Crippen LogP contribution in [0.15, 0.2) is 42.5 Å². The Labute approximate surface area is 159 Å². The average Bonchev–Trinajstić information content (AvgIpc) is 2.62. The number of nitrogens with one attached hydrogen (secondary N) is 1. The molecule has 0 aliphatic rings. The Morgan fingerprint density at radius 3 is 2.38 bits per heavy atom. The van der Waals surface area contributed by atoms with Gasteiger partial charge < -0.3 is 10.2 Å². The van der Waals surface area contributed by atoms with Crippen molar-refractivity contribution in [2.24, 2.45) is 0 Å². The molecule has 0 fully saturated rings. The standard InChI is InChI=1S/C16H15ClN4O4S/c1-10(11-4-3-5-12(8-11)20(22)23)19(2)16(26)18-15-9-13(21(24)25)6-7-14(15)17/h3-10H,1-2H3,(H,18,26)/t10-/m0/s1. The Hall–Kier alpha value is -2.78. The van der Waals surface area contributed by atoms with E-state index in [1.165, 1.54) is 30.3 Å². The lowest BCUT2D eigenvalue weighted by Crippen LogP contribution is -2.33. The number of halogens is 1. The van der Waals surface area contributed by atoms with Gasteiger partial charge in [-0.25, -0.2) is 0 Å². The molecule has 1 N–H and O–H groups in total. The van der Waals surface area contributed by atoms with Crippen LogP contribution in [0.4, 0.5) is 17.1 Å². The van der Waals surface area contributed by atoms with Crippen LogP contribution in [0.2, 0.25) is 5.02 Å². The van der Waals surface area contributed by atoms with E-state index in [0.717, 1.165) is 0 Å².